The van der Waals surface area contributed by atoms with Gasteiger partial charge in [0.15, 0.2) is 0 Å². The number of nitrogens with zero attached hydrogens (tertiary/aromatic N) is 2. The Labute approximate surface area is 153 Å². The number of carbonyl (C=O) groups excluding carboxylic acids is 1. The Balaban J connectivity index is 1.78. The summed E-state index contributed by atoms with van der Waals surface area (Å²) in [5.41, 5.74) is 1.58. The molecule has 134 valence electrons. The van der Waals surface area contributed by atoms with E-state index >= 15 is 0 Å². The molecule has 2 aromatic carbocycles. The second-order valence-electron chi connectivity index (χ2n) is 6.05. The first-order chi connectivity index (χ1) is 13.0. The summed E-state index contributed by atoms with van der Waals surface area (Å²) in [6.45, 7) is 1.71. The molecule has 0 saturated heterocycles. The Hall–Kier alpha value is -3.74. The quantitative estimate of drug-likeness (QED) is 0.586. The summed E-state index contributed by atoms with van der Waals surface area (Å²) in [7, 11) is 0. The Kier molecular flexibility index (Phi) is 4.04. The van der Waals surface area contributed by atoms with E-state index in [0.717, 1.165) is 5.69 Å². The molecule has 0 unspecified atom stereocenters. The third-order valence-electron chi connectivity index (χ3n) is 4.21. The molecule has 0 saturated carbocycles. The van der Waals surface area contributed by atoms with Gasteiger partial charge in [-0.15, -0.1) is 0 Å². The van der Waals surface area contributed by atoms with Gasteiger partial charge in [0.2, 0.25) is 5.43 Å². The summed E-state index contributed by atoms with van der Waals surface area (Å²) in [5, 5.41) is 7.30. The van der Waals surface area contributed by atoms with Crippen LogP contribution in [-0.2, 0) is 0 Å². The van der Waals surface area contributed by atoms with Crippen LogP contribution < -0.4 is 10.7 Å². The van der Waals surface area contributed by atoms with Gasteiger partial charge in [0.05, 0.1) is 16.8 Å². The number of nitrogens with one attached hydrogen (secondary N) is 2. The van der Waals surface area contributed by atoms with Gasteiger partial charge in [-0.25, -0.2) is 9.07 Å². The highest BCUT2D eigenvalue weighted by Gasteiger charge is 2.19. The molecule has 1 amide bonds. The van der Waals surface area contributed by atoms with E-state index in [2.05, 4.69) is 15.4 Å². The molecule has 2 aromatic heterocycles. The first-order valence-corrected chi connectivity index (χ1v) is 8.28. The molecule has 0 aliphatic heterocycles. The van der Waals surface area contributed by atoms with Gasteiger partial charge in [0, 0.05) is 11.9 Å². The molecule has 0 bridgehead atoms. The summed E-state index contributed by atoms with van der Waals surface area (Å²) >= 11 is 0. The second-order valence-corrected chi connectivity index (χ2v) is 6.05. The standard InChI is InChI=1S/C20H15FN4O2/c1-12-17-18(26)16(20(27)23-14-7-5-6-13(21)10-14)11-22-19(17)25(24-12)15-8-3-2-4-9-15/h2-11H,1H3,(H,22,26)(H,23,27). The van der Waals surface area contributed by atoms with Gasteiger partial charge in [-0.2, -0.15) is 5.10 Å². The molecule has 2 heterocycles. The van der Waals surface area contributed by atoms with Crippen LogP contribution in [0, 0.1) is 12.7 Å². The van der Waals surface area contributed by atoms with Crippen molar-refractivity contribution in [2.24, 2.45) is 0 Å². The van der Waals surface area contributed by atoms with Crippen molar-refractivity contribution >= 4 is 22.6 Å². The number of benzene rings is 2. The number of para-hydroxylation sites is 1. The molecular formula is C20H15FN4O2. The predicted molar refractivity (Wildman–Crippen MR) is 101 cm³/mol. The van der Waals surface area contributed by atoms with Crippen molar-refractivity contribution in [3.05, 3.63) is 88.1 Å². The molecule has 7 heteroatoms. The Morgan fingerprint density at radius 2 is 1.93 bits per heavy atom. The molecule has 0 aliphatic carbocycles. The Morgan fingerprint density at radius 3 is 2.67 bits per heavy atom. The number of aryl methyl sites for hydroxylation is 1. The fraction of sp³-hybridized carbons (Fsp3) is 0.0500. The van der Waals surface area contributed by atoms with Crippen molar-refractivity contribution in [3.8, 4) is 5.69 Å². The van der Waals surface area contributed by atoms with Crippen molar-refractivity contribution in [3.63, 3.8) is 0 Å². The lowest BCUT2D eigenvalue weighted by atomic mass is 10.1. The van der Waals surface area contributed by atoms with Gasteiger partial charge in [0.1, 0.15) is 17.0 Å². The molecule has 27 heavy (non-hydrogen) atoms. The summed E-state index contributed by atoms with van der Waals surface area (Å²) in [5.74, 6) is -1.09. The highest BCUT2D eigenvalue weighted by molar-refractivity contribution is 6.05. The molecule has 0 fully saturated rings. The maximum atomic E-state index is 13.3. The number of anilines is 1. The van der Waals surface area contributed by atoms with Crippen molar-refractivity contribution in [2.45, 2.75) is 6.92 Å². The molecule has 0 radical (unpaired) electrons. The van der Waals surface area contributed by atoms with E-state index in [9.17, 15) is 14.0 Å². The number of rotatable bonds is 3. The Bertz CT molecular complexity index is 1210. The van der Waals surface area contributed by atoms with Gasteiger partial charge in [-0.3, -0.25) is 9.59 Å². The number of halogens is 1. The van der Waals surface area contributed by atoms with Crippen molar-refractivity contribution in [1.29, 1.82) is 0 Å². The number of pyridine rings is 1. The largest absolute Gasteiger partial charge is 0.345 e. The van der Waals surface area contributed by atoms with Gasteiger partial charge in [0.25, 0.3) is 5.91 Å². The summed E-state index contributed by atoms with van der Waals surface area (Å²) in [6.07, 6.45) is 1.35. The zero-order chi connectivity index (χ0) is 19.0. The lowest BCUT2D eigenvalue weighted by molar-refractivity contribution is 0.102. The van der Waals surface area contributed by atoms with E-state index in [0.29, 0.717) is 16.7 Å². The summed E-state index contributed by atoms with van der Waals surface area (Å²) in [4.78, 5) is 28.4. The SMILES string of the molecule is Cc1nn(-c2ccccc2)c2[nH]cc(C(=O)Nc3cccc(F)c3)c(=O)c12. The monoisotopic (exact) mass is 362 g/mol. The van der Waals surface area contributed by atoms with Gasteiger partial charge < -0.3 is 10.3 Å². The number of amides is 1. The summed E-state index contributed by atoms with van der Waals surface area (Å²) < 4.78 is 14.9. The fourth-order valence-electron chi connectivity index (χ4n) is 2.96. The van der Waals surface area contributed by atoms with Crippen LogP contribution in [0.5, 0.6) is 0 Å². The number of aromatic nitrogens is 3. The number of fused-ring (bicyclic) bond motifs is 1. The first-order valence-electron chi connectivity index (χ1n) is 8.28. The highest BCUT2D eigenvalue weighted by Crippen LogP contribution is 2.18. The van der Waals surface area contributed by atoms with Crippen LogP contribution in [0.25, 0.3) is 16.7 Å². The number of hydrogen-bond donors (Lipinski definition) is 2. The third kappa shape index (κ3) is 2.99. The minimum atomic E-state index is -0.615. The smallest absolute Gasteiger partial charge is 0.261 e. The Morgan fingerprint density at radius 1 is 1.15 bits per heavy atom. The van der Waals surface area contributed by atoms with E-state index in [1.54, 1.807) is 17.7 Å². The first kappa shape index (κ1) is 16.7. The summed E-state index contributed by atoms with van der Waals surface area (Å²) in [6, 6.07) is 14.9. The van der Waals surface area contributed by atoms with Crippen LogP contribution in [0.4, 0.5) is 10.1 Å². The lowest BCUT2D eigenvalue weighted by Crippen LogP contribution is -2.22. The maximum Gasteiger partial charge on any atom is 0.261 e. The zero-order valence-corrected chi connectivity index (χ0v) is 14.4. The highest BCUT2D eigenvalue weighted by atomic mass is 19.1. The van der Waals surface area contributed by atoms with Crippen LogP contribution in [-0.4, -0.2) is 20.7 Å². The van der Waals surface area contributed by atoms with Crippen molar-refractivity contribution < 1.29 is 9.18 Å². The average Bonchev–Trinajstić information content (AvgIpc) is 3.00. The lowest BCUT2D eigenvalue weighted by Gasteiger charge is -2.06. The third-order valence-corrected chi connectivity index (χ3v) is 4.21. The average molecular weight is 362 g/mol. The normalized spacial score (nSPS) is 10.9. The molecule has 0 aliphatic rings. The van der Waals surface area contributed by atoms with Gasteiger partial charge in [-0.1, -0.05) is 24.3 Å². The van der Waals surface area contributed by atoms with Crippen LogP contribution in [0.2, 0.25) is 0 Å². The van der Waals surface area contributed by atoms with E-state index in [1.807, 2.05) is 30.3 Å². The zero-order valence-electron chi connectivity index (χ0n) is 14.4. The predicted octanol–water partition coefficient (Wildman–Crippen LogP) is 3.41. The number of carbonyl (C=O) groups is 1. The topological polar surface area (TPSA) is 79.8 Å². The fourth-order valence-corrected chi connectivity index (χ4v) is 2.96. The van der Waals surface area contributed by atoms with Crippen LogP contribution in [0.3, 0.4) is 0 Å². The minimum absolute atomic E-state index is 0.0672. The molecule has 2 N–H and O–H groups in total. The van der Waals surface area contributed by atoms with Crippen molar-refractivity contribution in [1.82, 2.24) is 14.8 Å². The van der Waals surface area contributed by atoms with E-state index in [1.165, 1.54) is 24.4 Å². The van der Waals surface area contributed by atoms with Gasteiger partial charge in [-0.05, 0) is 37.3 Å². The minimum Gasteiger partial charge on any atom is -0.345 e. The van der Waals surface area contributed by atoms with Crippen molar-refractivity contribution in [2.75, 3.05) is 5.32 Å². The number of aromatic amines is 1. The van der Waals surface area contributed by atoms with Crippen LogP contribution in [0.1, 0.15) is 16.1 Å². The van der Waals surface area contributed by atoms with Crippen LogP contribution in [0.15, 0.2) is 65.6 Å². The molecule has 0 spiro atoms. The molecule has 6 nitrogen and oxygen atoms in total. The second kappa shape index (κ2) is 6.53. The molecule has 4 rings (SSSR count). The molecular weight excluding hydrogens is 347 g/mol. The molecule has 0 atom stereocenters. The number of H-pyrrole nitrogens is 1. The molecule has 4 aromatic rings. The van der Waals surface area contributed by atoms with E-state index in [-0.39, 0.29) is 11.3 Å². The maximum absolute atomic E-state index is 13.3. The van der Waals surface area contributed by atoms with E-state index < -0.39 is 17.2 Å². The van der Waals surface area contributed by atoms with Gasteiger partial charge >= 0.3 is 0 Å². The van der Waals surface area contributed by atoms with Crippen LogP contribution >= 0.6 is 0 Å². The number of hydrogen-bond acceptors (Lipinski definition) is 3. The van der Waals surface area contributed by atoms with E-state index in [4.69, 9.17) is 0 Å².